The Bertz CT molecular complexity index is 1050. The van der Waals surface area contributed by atoms with Crippen LogP contribution in [0.3, 0.4) is 0 Å². The SMILES string of the molecule is CCN(c1cccc2cc(C3=NCC(CN4CCOCC4)S3)[nH]c12)[S+]([O-])c1cccs1. The summed E-state index contributed by atoms with van der Waals surface area (Å²) in [4.78, 5) is 10.9. The Hall–Kier alpha value is -1.49. The zero-order chi connectivity index (χ0) is 21.2. The lowest BCUT2D eigenvalue weighted by Crippen LogP contribution is -2.40. The number of fused-ring (bicyclic) bond motifs is 1. The molecule has 1 N–H and O–H groups in total. The van der Waals surface area contributed by atoms with Gasteiger partial charge in [-0.1, -0.05) is 35.2 Å². The van der Waals surface area contributed by atoms with E-state index in [1.165, 1.54) is 11.3 Å². The summed E-state index contributed by atoms with van der Waals surface area (Å²) in [5.74, 6) is 0. The second-order valence-corrected chi connectivity index (χ2v) is 11.5. The van der Waals surface area contributed by atoms with E-state index in [4.69, 9.17) is 9.73 Å². The van der Waals surface area contributed by atoms with Crippen molar-refractivity contribution in [2.75, 3.05) is 50.2 Å². The molecule has 2 aromatic heterocycles. The van der Waals surface area contributed by atoms with E-state index in [2.05, 4.69) is 22.0 Å². The first-order valence-corrected chi connectivity index (χ1v) is 13.5. The third kappa shape index (κ3) is 4.53. The fourth-order valence-electron chi connectivity index (χ4n) is 4.04. The molecule has 3 aromatic rings. The van der Waals surface area contributed by atoms with E-state index in [-0.39, 0.29) is 0 Å². The number of aromatic amines is 1. The molecule has 1 aromatic carbocycles. The minimum atomic E-state index is -1.22. The number of H-pyrrole nitrogens is 1. The molecule has 2 unspecified atom stereocenters. The summed E-state index contributed by atoms with van der Waals surface area (Å²) >= 11 is 2.17. The maximum Gasteiger partial charge on any atom is 0.233 e. The van der Waals surface area contributed by atoms with Crippen LogP contribution in [0.2, 0.25) is 0 Å². The van der Waals surface area contributed by atoms with Crippen LogP contribution >= 0.6 is 23.1 Å². The number of morpholine rings is 1. The number of thioether (sulfide) groups is 1. The van der Waals surface area contributed by atoms with Crippen LogP contribution in [0.25, 0.3) is 10.9 Å². The number of para-hydroxylation sites is 1. The third-order valence-corrected chi connectivity index (χ3v) is 9.49. The van der Waals surface area contributed by atoms with Gasteiger partial charge in [-0.15, -0.1) is 0 Å². The molecule has 4 heterocycles. The van der Waals surface area contributed by atoms with Gasteiger partial charge in [0.15, 0.2) is 0 Å². The number of anilines is 1. The number of nitrogens with one attached hydrogen (secondary N) is 1. The van der Waals surface area contributed by atoms with Crippen molar-refractivity contribution in [2.24, 2.45) is 4.99 Å². The summed E-state index contributed by atoms with van der Waals surface area (Å²) in [7, 11) is 0. The standard InChI is InChI=1S/C22H26N4O2S3/c1-2-26(31(27)20-7-4-12-29-20)19-6-3-5-16-13-18(24-21(16)19)22-23-14-17(30-22)15-25-8-10-28-11-9-25/h3-7,12-13,17,24H,2,8-11,14-15H2,1H3. The van der Waals surface area contributed by atoms with Gasteiger partial charge < -0.3 is 14.3 Å². The highest BCUT2D eigenvalue weighted by molar-refractivity contribution is 8.15. The molecular weight excluding hydrogens is 448 g/mol. The molecule has 2 atom stereocenters. The first-order chi connectivity index (χ1) is 15.2. The van der Waals surface area contributed by atoms with E-state index in [1.54, 1.807) is 0 Å². The van der Waals surface area contributed by atoms with E-state index < -0.39 is 11.4 Å². The van der Waals surface area contributed by atoms with E-state index >= 15 is 0 Å². The summed E-state index contributed by atoms with van der Waals surface area (Å²) in [5.41, 5.74) is 3.03. The molecule has 0 amide bonds. The topological polar surface area (TPSA) is 66.9 Å². The zero-order valence-corrected chi connectivity index (χ0v) is 19.9. The van der Waals surface area contributed by atoms with Crippen molar-refractivity contribution < 1.29 is 9.29 Å². The van der Waals surface area contributed by atoms with Crippen LogP contribution in [0.15, 0.2) is 51.0 Å². The molecule has 9 heteroatoms. The van der Waals surface area contributed by atoms with Crippen molar-refractivity contribution in [3.8, 4) is 0 Å². The Labute approximate surface area is 194 Å². The van der Waals surface area contributed by atoms with Gasteiger partial charge in [-0.2, -0.15) is 4.31 Å². The number of hydrogen-bond donors (Lipinski definition) is 1. The second-order valence-electron chi connectivity index (χ2n) is 7.60. The summed E-state index contributed by atoms with van der Waals surface area (Å²) in [5, 5.41) is 4.64. The van der Waals surface area contributed by atoms with Gasteiger partial charge in [-0.25, -0.2) is 0 Å². The van der Waals surface area contributed by atoms with Gasteiger partial charge in [-0.3, -0.25) is 9.89 Å². The van der Waals surface area contributed by atoms with Gasteiger partial charge in [0, 0.05) is 36.3 Å². The third-order valence-electron chi connectivity index (χ3n) is 5.57. The lowest BCUT2D eigenvalue weighted by atomic mass is 10.2. The number of nitrogens with zero attached hydrogens (tertiary/aromatic N) is 3. The molecule has 1 fully saturated rings. The van der Waals surface area contributed by atoms with Crippen LogP contribution in [0.4, 0.5) is 5.69 Å². The number of ether oxygens (including phenoxy) is 1. The van der Waals surface area contributed by atoms with E-state index in [1.807, 2.05) is 52.6 Å². The van der Waals surface area contributed by atoms with Crippen molar-refractivity contribution in [1.82, 2.24) is 9.88 Å². The largest absolute Gasteiger partial charge is 0.587 e. The molecule has 0 spiro atoms. The molecule has 164 valence electrons. The molecule has 2 aliphatic heterocycles. The van der Waals surface area contributed by atoms with Crippen LogP contribution in [0, 0.1) is 0 Å². The van der Waals surface area contributed by atoms with Gasteiger partial charge >= 0.3 is 0 Å². The van der Waals surface area contributed by atoms with E-state index in [0.29, 0.717) is 11.8 Å². The molecule has 0 radical (unpaired) electrons. The molecule has 6 nitrogen and oxygen atoms in total. The van der Waals surface area contributed by atoms with Crippen molar-refractivity contribution >= 4 is 56.1 Å². The number of benzene rings is 1. The van der Waals surface area contributed by atoms with Crippen LogP contribution < -0.4 is 4.31 Å². The molecular formula is C22H26N4O2S3. The van der Waals surface area contributed by atoms with Crippen LogP contribution in [-0.4, -0.2) is 70.7 Å². The quantitative estimate of drug-likeness (QED) is 0.525. The van der Waals surface area contributed by atoms with Crippen molar-refractivity contribution in [2.45, 2.75) is 16.4 Å². The molecule has 1 saturated heterocycles. The van der Waals surface area contributed by atoms with Crippen LogP contribution in [0.5, 0.6) is 0 Å². The highest BCUT2D eigenvalue weighted by Crippen LogP contribution is 2.34. The number of hydrogen-bond acceptors (Lipinski definition) is 7. The highest BCUT2D eigenvalue weighted by Gasteiger charge is 2.27. The molecule has 31 heavy (non-hydrogen) atoms. The minimum Gasteiger partial charge on any atom is -0.587 e. The Morgan fingerprint density at radius 3 is 2.94 bits per heavy atom. The van der Waals surface area contributed by atoms with Crippen LogP contribution in [0.1, 0.15) is 12.6 Å². The van der Waals surface area contributed by atoms with E-state index in [0.717, 1.165) is 70.9 Å². The van der Waals surface area contributed by atoms with Gasteiger partial charge in [-0.05, 0) is 30.5 Å². The fraction of sp³-hybridized carbons (Fsp3) is 0.409. The molecule has 2 aliphatic rings. The summed E-state index contributed by atoms with van der Waals surface area (Å²) in [6.45, 7) is 8.29. The average molecular weight is 475 g/mol. The number of aliphatic imine (C=N–C) groups is 1. The number of aromatic nitrogens is 1. The van der Waals surface area contributed by atoms with Crippen LogP contribution in [-0.2, 0) is 16.1 Å². The van der Waals surface area contributed by atoms with E-state index in [9.17, 15) is 4.55 Å². The molecule has 5 rings (SSSR count). The predicted octanol–water partition coefficient (Wildman–Crippen LogP) is 3.97. The highest BCUT2D eigenvalue weighted by atomic mass is 32.2. The monoisotopic (exact) mass is 474 g/mol. The lowest BCUT2D eigenvalue weighted by molar-refractivity contribution is 0.0385. The molecule has 0 bridgehead atoms. The van der Waals surface area contributed by atoms with Crippen molar-refractivity contribution in [1.29, 1.82) is 0 Å². The maximum atomic E-state index is 13.2. The van der Waals surface area contributed by atoms with Gasteiger partial charge in [0.05, 0.1) is 37.5 Å². The van der Waals surface area contributed by atoms with Gasteiger partial charge in [0.25, 0.3) is 0 Å². The Morgan fingerprint density at radius 1 is 1.29 bits per heavy atom. The fourth-order valence-corrected chi connectivity index (χ4v) is 7.37. The minimum absolute atomic E-state index is 0.484. The van der Waals surface area contributed by atoms with Crippen molar-refractivity contribution in [3.05, 3.63) is 47.5 Å². The Morgan fingerprint density at radius 2 is 2.16 bits per heavy atom. The maximum absolute atomic E-state index is 13.2. The average Bonchev–Trinajstić information content (AvgIpc) is 3.55. The Balaban J connectivity index is 1.36. The summed E-state index contributed by atoms with van der Waals surface area (Å²) < 4.78 is 21.5. The molecule has 0 aliphatic carbocycles. The smallest absolute Gasteiger partial charge is 0.233 e. The Kier molecular flexibility index (Phi) is 6.59. The zero-order valence-electron chi connectivity index (χ0n) is 17.5. The lowest BCUT2D eigenvalue weighted by Gasteiger charge is -2.28. The second kappa shape index (κ2) is 9.56. The summed E-state index contributed by atoms with van der Waals surface area (Å²) in [6.07, 6.45) is 0. The first kappa shape index (κ1) is 21.4. The first-order valence-electron chi connectivity index (χ1n) is 10.6. The van der Waals surface area contributed by atoms with Gasteiger partial charge in [0.1, 0.15) is 22.1 Å². The molecule has 0 saturated carbocycles. The number of thiophene rings is 1. The van der Waals surface area contributed by atoms with Gasteiger partial charge in [0.2, 0.25) is 4.21 Å². The van der Waals surface area contributed by atoms with Crippen molar-refractivity contribution in [3.63, 3.8) is 0 Å². The number of rotatable bonds is 7. The summed E-state index contributed by atoms with van der Waals surface area (Å²) in [6, 6.07) is 12.2. The predicted molar refractivity (Wildman–Crippen MR) is 132 cm³/mol. The normalized spacial score (nSPS) is 20.8.